The summed E-state index contributed by atoms with van der Waals surface area (Å²) in [7, 11) is 1.58. The van der Waals surface area contributed by atoms with E-state index in [-0.39, 0.29) is 23.3 Å². The first-order chi connectivity index (χ1) is 17.5. The number of fused-ring (bicyclic) bond motifs is 4. The van der Waals surface area contributed by atoms with Gasteiger partial charge in [-0.3, -0.25) is 19.4 Å². The molecule has 1 aromatic carbocycles. The molecule has 9 heteroatoms. The molecule has 2 unspecified atom stereocenters. The van der Waals surface area contributed by atoms with Crippen LogP contribution < -0.4 is 21.1 Å². The van der Waals surface area contributed by atoms with Crippen LogP contribution in [0.5, 0.6) is 0 Å². The molecule has 2 N–H and O–H groups in total. The maximum Gasteiger partial charge on any atom is 0.255 e. The minimum absolute atomic E-state index is 0.0461. The first kappa shape index (κ1) is 23.7. The van der Waals surface area contributed by atoms with Crippen molar-refractivity contribution in [2.45, 2.75) is 18.9 Å². The number of pyridine rings is 2. The van der Waals surface area contributed by atoms with Crippen LogP contribution in [-0.4, -0.2) is 54.7 Å². The first-order valence-corrected chi connectivity index (χ1v) is 12.1. The summed E-state index contributed by atoms with van der Waals surface area (Å²) in [4.78, 5) is 44.4. The Morgan fingerprint density at radius 1 is 1.03 bits per heavy atom. The Morgan fingerprint density at radius 3 is 2.67 bits per heavy atom. The van der Waals surface area contributed by atoms with E-state index in [1.54, 1.807) is 49.8 Å². The Morgan fingerprint density at radius 2 is 1.86 bits per heavy atom. The van der Waals surface area contributed by atoms with E-state index in [2.05, 4.69) is 20.5 Å². The Labute approximate surface area is 209 Å². The molecule has 1 saturated heterocycles. The lowest BCUT2D eigenvalue weighted by atomic mass is 9.83. The summed E-state index contributed by atoms with van der Waals surface area (Å²) in [5.74, 6) is 0.0239. The quantitative estimate of drug-likeness (QED) is 0.496. The van der Waals surface area contributed by atoms with E-state index in [9.17, 15) is 14.4 Å². The predicted molar refractivity (Wildman–Crippen MR) is 137 cm³/mol. The molecule has 2 bridgehead atoms. The number of piperidine rings is 1. The van der Waals surface area contributed by atoms with Gasteiger partial charge in [-0.1, -0.05) is 6.07 Å². The number of amides is 2. The van der Waals surface area contributed by atoms with Crippen molar-refractivity contribution < 1.29 is 14.3 Å². The monoisotopic (exact) mass is 487 g/mol. The fourth-order valence-corrected chi connectivity index (χ4v) is 5.21. The van der Waals surface area contributed by atoms with Gasteiger partial charge < -0.3 is 24.8 Å². The van der Waals surface area contributed by atoms with Crippen LogP contribution in [0.1, 0.15) is 38.7 Å². The molecule has 5 rings (SSSR count). The van der Waals surface area contributed by atoms with Crippen LogP contribution in [0.4, 0.5) is 11.4 Å². The molecule has 2 amide bonds. The van der Waals surface area contributed by atoms with Gasteiger partial charge >= 0.3 is 0 Å². The van der Waals surface area contributed by atoms with Gasteiger partial charge in [0.15, 0.2) is 0 Å². The van der Waals surface area contributed by atoms with Gasteiger partial charge in [0.2, 0.25) is 0 Å². The smallest absolute Gasteiger partial charge is 0.255 e. The van der Waals surface area contributed by atoms with E-state index in [0.717, 1.165) is 30.9 Å². The summed E-state index contributed by atoms with van der Waals surface area (Å²) in [6.07, 6.45) is 4.17. The molecule has 2 aliphatic rings. The van der Waals surface area contributed by atoms with Crippen LogP contribution in [0.15, 0.2) is 65.7 Å². The molecule has 0 radical (unpaired) electrons. The zero-order valence-corrected chi connectivity index (χ0v) is 20.1. The summed E-state index contributed by atoms with van der Waals surface area (Å²) >= 11 is 0. The zero-order chi connectivity index (χ0) is 25.1. The molecular formula is C27H29N5O4. The maximum atomic E-state index is 13.0. The number of carbonyl (C=O) groups is 2. The molecule has 2 aliphatic heterocycles. The average Bonchev–Trinajstić information content (AvgIpc) is 2.90. The molecule has 3 aromatic rings. The molecule has 0 aliphatic carbocycles. The van der Waals surface area contributed by atoms with Crippen LogP contribution in [-0.2, 0) is 11.3 Å². The number of carbonyl (C=O) groups excluding carboxylic acids is 2. The predicted octanol–water partition coefficient (Wildman–Crippen LogP) is 2.50. The van der Waals surface area contributed by atoms with Gasteiger partial charge in [-0.2, -0.15) is 0 Å². The summed E-state index contributed by atoms with van der Waals surface area (Å²) in [5.41, 5.74) is 3.46. The maximum absolute atomic E-state index is 13.0. The third kappa shape index (κ3) is 4.87. The molecule has 4 heterocycles. The number of rotatable bonds is 7. The fraction of sp³-hybridized carbons (Fsp3) is 0.333. The largest absolute Gasteiger partial charge is 0.383 e. The van der Waals surface area contributed by atoms with Gasteiger partial charge in [0, 0.05) is 74.5 Å². The van der Waals surface area contributed by atoms with E-state index < -0.39 is 0 Å². The van der Waals surface area contributed by atoms with Gasteiger partial charge in [-0.05, 0) is 48.7 Å². The Hall–Kier alpha value is -3.98. The van der Waals surface area contributed by atoms with E-state index in [0.29, 0.717) is 42.4 Å². The van der Waals surface area contributed by atoms with Crippen molar-refractivity contribution in [1.82, 2.24) is 14.9 Å². The minimum Gasteiger partial charge on any atom is -0.383 e. The molecule has 0 saturated carbocycles. The summed E-state index contributed by atoms with van der Waals surface area (Å²) < 4.78 is 6.91. The van der Waals surface area contributed by atoms with Crippen molar-refractivity contribution in [3.63, 3.8) is 0 Å². The van der Waals surface area contributed by atoms with Crippen LogP contribution in [0.25, 0.3) is 0 Å². The number of nitrogens with zero attached hydrogens (tertiary/aromatic N) is 3. The second-order valence-electron chi connectivity index (χ2n) is 9.27. The number of anilines is 2. The SMILES string of the molecule is COCCNC(=O)c1ccc(N2CC3CC(C2)c2cccc(=O)n2C3)c(NC(=O)c2ccncc2)c1. The summed E-state index contributed by atoms with van der Waals surface area (Å²) in [5, 5.41) is 5.84. The van der Waals surface area contributed by atoms with Crippen LogP contribution in [0, 0.1) is 5.92 Å². The number of nitrogens with one attached hydrogen (secondary N) is 2. The normalized spacial score (nSPS) is 18.3. The van der Waals surface area contributed by atoms with Gasteiger partial charge in [0.1, 0.15) is 0 Å². The van der Waals surface area contributed by atoms with Gasteiger partial charge in [0.05, 0.1) is 18.0 Å². The lowest BCUT2D eigenvalue weighted by molar-refractivity contribution is 0.0936. The summed E-state index contributed by atoms with van der Waals surface area (Å²) in [6, 6.07) is 14.2. The lowest BCUT2D eigenvalue weighted by Gasteiger charge is -2.44. The highest BCUT2D eigenvalue weighted by molar-refractivity contribution is 6.07. The average molecular weight is 488 g/mol. The number of hydrogen-bond donors (Lipinski definition) is 2. The second-order valence-corrected chi connectivity index (χ2v) is 9.27. The van der Waals surface area contributed by atoms with Crippen LogP contribution >= 0.6 is 0 Å². The van der Waals surface area contributed by atoms with Crippen molar-refractivity contribution in [3.8, 4) is 0 Å². The van der Waals surface area contributed by atoms with Crippen LogP contribution in [0.2, 0.25) is 0 Å². The zero-order valence-electron chi connectivity index (χ0n) is 20.1. The van der Waals surface area contributed by atoms with E-state index in [1.807, 2.05) is 22.8 Å². The molecule has 36 heavy (non-hydrogen) atoms. The Bertz CT molecular complexity index is 1320. The standard InChI is InChI=1S/C27H29N5O4/c1-36-12-11-29-26(34)20-5-6-24(22(14-20)30-27(35)19-7-9-28-10-8-19)31-15-18-13-21(17-31)23-3-2-4-25(33)32(23)16-18/h2-10,14,18,21H,11-13,15-17H2,1H3,(H,29,34)(H,30,35). The van der Waals surface area contributed by atoms with Crippen molar-refractivity contribution in [1.29, 1.82) is 0 Å². The van der Waals surface area contributed by atoms with Crippen LogP contribution in [0.3, 0.4) is 0 Å². The van der Waals surface area contributed by atoms with Gasteiger partial charge in [-0.15, -0.1) is 0 Å². The first-order valence-electron chi connectivity index (χ1n) is 12.1. The lowest BCUT2D eigenvalue weighted by Crippen LogP contribution is -2.47. The van der Waals surface area contributed by atoms with Crippen molar-refractivity contribution >= 4 is 23.2 Å². The Balaban J connectivity index is 1.45. The second kappa shape index (κ2) is 10.3. The topological polar surface area (TPSA) is 106 Å². The van der Waals surface area contributed by atoms with E-state index in [4.69, 9.17) is 4.74 Å². The molecular weight excluding hydrogens is 458 g/mol. The van der Waals surface area contributed by atoms with Crippen molar-refractivity contribution in [3.05, 3.63) is 88.1 Å². The molecule has 186 valence electrons. The fourth-order valence-electron chi connectivity index (χ4n) is 5.21. The third-order valence-corrected chi connectivity index (χ3v) is 6.86. The summed E-state index contributed by atoms with van der Waals surface area (Å²) in [6.45, 7) is 2.97. The number of methoxy groups -OCH3 is 1. The molecule has 0 spiro atoms. The number of benzene rings is 1. The number of hydrogen-bond acceptors (Lipinski definition) is 6. The van der Waals surface area contributed by atoms with Gasteiger partial charge in [-0.25, -0.2) is 0 Å². The third-order valence-electron chi connectivity index (χ3n) is 6.86. The van der Waals surface area contributed by atoms with E-state index >= 15 is 0 Å². The van der Waals surface area contributed by atoms with Gasteiger partial charge in [0.25, 0.3) is 17.4 Å². The highest BCUT2D eigenvalue weighted by Crippen LogP contribution is 2.39. The molecule has 1 fully saturated rings. The number of aromatic nitrogens is 2. The highest BCUT2D eigenvalue weighted by Gasteiger charge is 2.35. The molecule has 2 atom stereocenters. The minimum atomic E-state index is -0.273. The van der Waals surface area contributed by atoms with E-state index in [1.165, 1.54) is 0 Å². The van der Waals surface area contributed by atoms with Crippen molar-refractivity contribution in [2.24, 2.45) is 5.92 Å². The highest BCUT2D eigenvalue weighted by atomic mass is 16.5. The van der Waals surface area contributed by atoms with Crippen molar-refractivity contribution in [2.75, 3.05) is 43.6 Å². The molecule has 2 aromatic heterocycles. The number of ether oxygens (including phenoxy) is 1. The Kier molecular flexibility index (Phi) is 6.81. The molecule has 9 nitrogen and oxygen atoms in total.